The van der Waals surface area contributed by atoms with Crippen molar-refractivity contribution in [1.29, 1.82) is 0 Å². The van der Waals surface area contributed by atoms with E-state index in [0.29, 0.717) is 0 Å². The zero-order chi connectivity index (χ0) is 13.8. The van der Waals surface area contributed by atoms with Crippen LogP contribution >= 0.6 is 24.2 Å². The van der Waals surface area contributed by atoms with Gasteiger partial charge in [-0.15, -0.1) is 24.2 Å². The molecule has 2 unspecified atom stereocenters. The summed E-state index contributed by atoms with van der Waals surface area (Å²) < 4.78 is 0. The number of amides is 1. The van der Waals surface area contributed by atoms with Gasteiger partial charge in [-0.25, -0.2) is 0 Å². The predicted molar refractivity (Wildman–Crippen MR) is 90.4 cm³/mol. The molecule has 2 aliphatic rings. The SMILES string of the molecule is Cl.O=C(NCCC1CCCNC1)C1CSc2ccccc21. The fraction of sp³-hybridized carbons (Fsp3) is 0.562. The molecule has 2 heterocycles. The minimum absolute atomic E-state index is 0. The lowest BCUT2D eigenvalue weighted by molar-refractivity contribution is -0.122. The van der Waals surface area contributed by atoms with Crippen molar-refractivity contribution in [2.45, 2.75) is 30.1 Å². The van der Waals surface area contributed by atoms with E-state index >= 15 is 0 Å². The molecule has 3 nitrogen and oxygen atoms in total. The number of benzene rings is 1. The van der Waals surface area contributed by atoms with Gasteiger partial charge in [0, 0.05) is 17.2 Å². The Bertz CT molecular complexity index is 477. The standard InChI is InChI=1S/C16H22N2OS.ClH/c19-16(18-9-7-12-4-3-8-17-10-12)14-11-20-15-6-2-1-5-13(14)15;/h1-2,5-6,12,14,17H,3-4,7-11H2,(H,18,19);1H. The van der Waals surface area contributed by atoms with Crippen LogP contribution in [0.15, 0.2) is 29.2 Å². The van der Waals surface area contributed by atoms with Gasteiger partial charge in [0.05, 0.1) is 5.92 Å². The van der Waals surface area contributed by atoms with Gasteiger partial charge in [-0.05, 0) is 49.9 Å². The highest BCUT2D eigenvalue weighted by molar-refractivity contribution is 7.99. The molecular formula is C16H23ClN2OS. The maximum Gasteiger partial charge on any atom is 0.228 e. The van der Waals surface area contributed by atoms with Crippen molar-refractivity contribution in [3.05, 3.63) is 29.8 Å². The number of fused-ring (bicyclic) bond motifs is 1. The first kappa shape index (κ1) is 16.7. The van der Waals surface area contributed by atoms with Gasteiger partial charge in [-0.1, -0.05) is 18.2 Å². The number of carbonyl (C=O) groups excluding carboxylic acids is 1. The molecule has 1 saturated heterocycles. The van der Waals surface area contributed by atoms with Crippen molar-refractivity contribution in [3.63, 3.8) is 0 Å². The number of carbonyl (C=O) groups is 1. The highest BCUT2D eigenvalue weighted by Gasteiger charge is 2.28. The Kier molecular flexibility index (Phi) is 6.40. The Morgan fingerprint density at radius 2 is 2.24 bits per heavy atom. The summed E-state index contributed by atoms with van der Waals surface area (Å²) in [6.45, 7) is 3.07. The number of nitrogens with one attached hydrogen (secondary N) is 2. The van der Waals surface area contributed by atoms with Crippen molar-refractivity contribution in [2.75, 3.05) is 25.4 Å². The van der Waals surface area contributed by atoms with Crippen LogP contribution in [0.4, 0.5) is 0 Å². The molecule has 0 spiro atoms. The predicted octanol–water partition coefficient (Wildman–Crippen LogP) is 2.80. The van der Waals surface area contributed by atoms with Gasteiger partial charge in [0.15, 0.2) is 0 Å². The monoisotopic (exact) mass is 326 g/mol. The van der Waals surface area contributed by atoms with Crippen molar-refractivity contribution in [2.24, 2.45) is 5.92 Å². The molecule has 5 heteroatoms. The highest BCUT2D eigenvalue weighted by atomic mass is 35.5. The third kappa shape index (κ3) is 4.15. The van der Waals surface area contributed by atoms with Crippen LogP contribution in [-0.2, 0) is 4.79 Å². The smallest absolute Gasteiger partial charge is 0.228 e. The number of halogens is 1. The summed E-state index contributed by atoms with van der Waals surface area (Å²) in [7, 11) is 0. The molecule has 0 bridgehead atoms. The zero-order valence-electron chi connectivity index (χ0n) is 12.1. The van der Waals surface area contributed by atoms with E-state index in [9.17, 15) is 4.79 Å². The number of rotatable bonds is 4. The van der Waals surface area contributed by atoms with Crippen molar-refractivity contribution in [1.82, 2.24) is 10.6 Å². The van der Waals surface area contributed by atoms with Crippen LogP contribution in [-0.4, -0.2) is 31.3 Å². The van der Waals surface area contributed by atoms with E-state index in [1.54, 1.807) is 11.8 Å². The van der Waals surface area contributed by atoms with Gasteiger partial charge in [0.1, 0.15) is 0 Å². The van der Waals surface area contributed by atoms with Gasteiger partial charge in [0.25, 0.3) is 0 Å². The second-order valence-corrected chi connectivity index (χ2v) is 6.76. The topological polar surface area (TPSA) is 41.1 Å². The summed E-state index contributed by atoms with van der Waals surface area (Å²) >= 11 is 1.79. The molecule has 2 N–H and O–H groups in total. The Hall–Kier alpha value is -0.710. The van der Waals surface area contributed by atoms with Crippen LogP contribution in [0.3, 0.4) is 0 Å². The van der Waals surface area contributed by atoms with Gasteiger partial charge >= 0.3 is 0 Å². The van der Waals surface area contributed by atoms with Crippen molar-refractivity contribution < 1.29 is 4.79 Å². The molecule has 3 rings (SSSR count). The lowest BCUT2D eigenvalue weighted by Gasteiger charge is -2.23. The van der Waals surface area contributed by atoms with Crippen molar-refractivity contribution in [3.8, 4) is 0 Å². The number of hydrogen-bond donors (Lipinski definition) is 2. The maximum absolute atomic E-state index is 12.3. The molecule has 1 fully saturated rings. The second kappa shape index (κ2) is 8.06. The molecule has 116 valence electrons. The summed E-state index contributed by atoms with van der Waals surface area (Å²) in [4.78, 5) is 13.6. The van der Waals surface area contributed by atoms with Gasteiger partial charge in [-0.3, -0.25) is 4.79 Å². The van der Waals surface area contributed by atoms with Gasteiger partial charge in [-0.2, -0.15) is 0 Å². The molecule has 21 heavy (non-hydrogen) atoms. The van der Waals surface area contributed by atoms with E-state index in [-0.39, 0.29) is 24.2 Å². The van der Waals surface area contributed by atoms with Crippen LogP contribution in [0.1, 0.15) is 30.7 Å². The van der Waals surface area contributed by atoms with Crippen LogP contribution < -0.4 is 10.6 Å². The Morgan fingerprint density at radius 1 is 1.38 bits per heavy atom. The Labute approximate surface area is 137 Å². The fourth-order valence-corrected chi connectivity index (χ4v) is 4.30. The van der Waals surface area contributed by atoms with E-state index in [1.165, 1.54) is 23.3 Å². The maximum atomic E-state index is 12.3. The Morgan fingerprint density at radius 3 is 3.05 bits per heavy atom. The van der Waals surface area contributed by atoms with E-state index in [4.69, 9.17) is 0 Å². The summed E-state index contributed by atoms with van der Waals surface area (Å²) in [5.41, 5.74) is 1.20. The van der Waals surface area contributed by atoms with Gasteiger partial charge in [0.2, 0.25) is 5.91 Å². The first-order chi connectivity index (χ1) is 9.84. The second-order valence-electron chi connectivity index (χ2n) is 5.69. The van der Waals surface area contributed by atoms with Crippen LogP contribution in [0, 0.1) is 5.92 Å². The van der Waals surface area contributed by atoms with Crippen molar-refractivity contribution >= 4 is 30.1 Å². The zero-order valence-corrected chi connectivity index (χ0v) is 13.8. The molecule has 2 atom stereocenters. The minimum Gasteiger partial charge on any atom is -0.356 e. The molecule has 0 aliphatic carbocycles. The quantitative estimate of drug-likeness (QED) is 0.894. The number of thioether (sulfide) groups is 1. The van der Waals surface area contributed by atoms with Gasteiger partial charge < -0.3 is 10.6 Å². The summed E-state index contributed by atoms with van der Waals surface area (Å²) in [5, 5.41) is 6.56. The van der Waals surface area contributed by atoms with Crippen LogP contribution in [0.5, 0.6) is 0 Å². The molecule has 2 aliphatic heterocycles. The molecular weight excluding hydrogens is 304 g/mol. The molecule has 0 radical (unpaired) electrons. The summed E-state index contributed by atoms with van der Waals surface area (Å²) in [5.74, 6) is 1.86. The number of hydrogen-bond acceptors (Lipinski definition) is 3. The largest absolute Gasteiger partial charge is 0.356 e. The Balaban J connectivity index is 0.00000161. The molecule has 0 aromatic heterocycles. The van der Waals surface area contributed by atoms with Crippen LogP contribution in [0.25, 0.3) is 0 Å². The normalized spacial score (nSPS) is 24.0. The minimum atomic E-state index is 0. The molecule has 1 aromatic carbocycles. The average Bonchev–Trinajstić information content (AvgIpc) is 2.92. The highest BCUT2D eigenvalue weighted by Crippen LogP contribution is 2.39. The summed E-state index contributed by atoms with van der Waals surface area (Å²) in [6.07, 6.45) is 3.66. The first-order valence-electron chi connectivity index (χ1n) is 7.55. The molecule has 0 saturated carbocycles. The summed E-state index contributed by atoms with van der Waals surface area (Å²) in [6, 6.07) is 8.27. The van der Waals surface area contributed by atoms with Crippen LogP contribution in [0.2, 0.25) is 0 Å². The van der Waals surface area contributed by atoms with E-state index in [1.807, 2.05) is 12.1 Å². The lowest BCUT2D eigenvalue weighted by atomic mass is 9.96. The molecule has 1 amide bonds. The van der Waals surface area contributed by atoms with E-state index in [2.05, 4.69) is 22.8 Å². The number of piperidine rings is 1. The lowest BCUT2D eigenvalue weighted by Crippen LogP contribution is -2.34. The third-order valence-corrected chi connectivity index (χ3v) is 5.45. The fourth-order valence-electron chi connectivity index (χ4n) is 3.07. The van der Waals surface area contributed by atoms with E-state index < -0.39 is 0 Å². The molecule has 1 aromatic rings. The third-order valence-electron chi connectivity index (χ3n) is 4.27. The first-order valence-corrected chi connectivity index (χ1v) is 8.53. The average molecular weight is 327 g/mol. The van der Waals surface area contributed by atoms with E-state index in [0.717, 1.165) is 37.7 Å².